The number of urea groups is 1. The Kier molecular flexibility index (Phi) is 3.54. The van der Waals surface area contributed by atoms with E-state index in [1.807, 2.05) is 62.9 Å². The molecule has 1 fully saturated rings. The fourth-order valence-electron chi connectivity index (χ4n) is 3.44. The van der Waals surface area contributed by atoms with Crippen LogP contribution in [0.3, 0.4) is 0 Å². The van der Waals surface area contributed by atoms with Crippen LogP contribution in [0.1, 0.15) is 41.0 Å². The van der Waals surface area contributed by atoms with Crippen molar-refractivity contribution in [2.45, 2.75) is 58.3 Å². The van der Waals surface area contributed by atoms with Crippen LogP contribution >= 0.6 is 0 Å². The molecule has 0 unspecified atom stereocenters. The van der Waals surface area contributed by atoms with Crippen molar-refractivity contribution in [2.75, 3.05) is 4.90 Å². The van der Waals surface area contributed by atoms with Crippen molar-refractivity contribution in [1.82, 2.24) is 4.90 Å². The summed E-state index contributed by atoms with van der Waals surface area (Å²) in [6.07, 6.45) is 0.499. The van der Waals surface area contributed by atoms with Gasteiger partial charge >= 0.3 is 6.03 Å². The monoisotopic (exact) mass is 276 g/mol. The second-order valence-corrected chi connectivity index (χ2v) is 6.62. The molecular weight excluding hydrogens is 252 g/mol. The molecule has 20 heavy (non-hydrogen) atoms. The third-order valence-corrected chi connectivity index (χ3v) is 3.83. The summed E-state index contributed by atoms with van der Waals surface area (Å²) in [6.45, 7) is 9.71. The van der Waals surface area contributed by atoms with Crippen molar-refractivity contribution in [3.63, 3.8) is 0 Å². The van der Waals surface area contributed by atoms with Crippen molar-refractivity contribution in [3.8, 4) is 0 Å². The molecule has 0 spiro atoms. The van der Waals surface area contributed by atoms with Crippen molar-refractivity contribution in [3.05, 3.63) is 30.3 Å². The third-order valence-electron chi connectivity index (χ3n) is 3.83. The number of amides is 2. The number of aliphatic hydroxyl groups is 1. The third kappa shape index (κ3) is 2.40. The highest BCUT2D eigenvalue weighted by Gasteiger charge is 2.51. The summed E-state index contributed by atoms with van der Waals surface area (Å²) in [6, 6.07) is 9.28. The molecule has 0 saturated carbocycles. The van der Waals surface area contributed by atoms with Gasteiger partial charge in [-0.05, 0) is 46.8 Å². The lowest BCUT2D eigenvalue weighted by Gasteiger charge is -2.55. The zero-order valence-electron chi connectivity index (χ0n) is 12.9. The molecule has 0 aromatic heterocycles. The maximum atomic E-state index is 12.9. The van der Waals surface area contributed by atoms with E-state index in [1.165, 1.54) is 4.90 Å². The zero-order valence-corrected chi connectivity index (χ0v) is 12.9. The quantitative estimate of drug-likeness (QED) is 0.901. The Bertz CT molecular complexity index is 494. The van der Waals surface area contributed by atoms with Crippen LogP contribution in [-0.2, 0) is 0 Å². The van der Waals surface area contributed by atoms with E-state index in [1.54, 1.807) is 6.92 Å². The van der Waals surface area contributed by atoms with Gasteiger partial charge in [0.25, 0.3) is 0 Å². The fourth-order valence-corrected chi connectivity index (χ4v) is 3.44. The summed E-state index contributed by atoms with van der Waals surface area (Å²) in [5.41, 5.74) is -0.837. The molecule has 0 radical (unpaired) electrons. The summed E-state index contributed by atoms with van der Waals surface area (Å²) in [5, 5.41) is 10.8. The van der Waals surface area contributed by atoms with E-state index in [0.29, 0.717) is 6.42 Å². The first-order valence-corrected chi connectivity index (χ1v) is 7.08. The number of hydrogen-bond donors (Lipinski definition) is 1. The summed E-state index contributed by atoms with van der Waals surface area (Å²) in [7, 11) is 0. The Morgan fingerprint density at radius 2 is 1.70 bits per heavy atom. The first kappa shape index (κ1) is 14.9. The van der Waals surface area contributed by atoms with Gasteiger partial charge in [0.05, 0.1) is 0 Å². The predicted octanol–water partition coefficient (Wildman–Crippen LogP) is 3.21. The molecule has 1 N–H and O–H groups in total. The number of carbonyl (C=O) groups is 1. The molecule has 1 saturated heterocycles. The van der Waals surface area contributed by atoms with Crippen molar-refractivity contribution >= 4 is 11.7 Å². The lowest BCUT2D eigenvalue weighted by Crippen LogP contribution is -2.69. The second-order valence-electron chi connectivity index (χ2n) is 6.62. The number of anilines is 1. The molecule has 1 heterocycles. The van der Waals surface area contributed by atoms with E-state index in [2.05, 4.69) is 0 Å². The van der Waals surface area contributed by atoms with Gasteiger partial charge < -0.3 is 10.0 Å². The molecular formula is C16H24N2O2. The van der Waals surface area contributed by atoms with Crippen LogP contribution in [0.4, 0.5) is 10.5 Å². The van der Waals surface area contributed by atoms with Crippen LogP contribution in [0, 0.1) is 0 Å². The average molecular weight is 276 g/mol. The van der Waals surface area contributed by atoms with Crippen molar-refractivity contribution in [1.29, 1.82) is 0 Å². The van der Waals surface area contributed by atoms with Gasteiger partial charge in [-0.3, -0.25) is 4.90 Å². The minimum Gasteiger partial charge on any atom is -0.371 e. The van der Waals surface area contributed by atoms with Gasteiger partial charge in [0.15, 0.2) is 0 Å². The van der Waals surface area contributed by atoms with Crippen LogP contribution in [0.15, 0.2) is 30.3 Å². The first-order valence-electron chi connectivity index (χ1n) is 7.08. The maximum absolute atomic E-state index is 12.9. The highest BCUT2D eigenvalue weighted by molar-refractivity contribution is 5.94. The molecule has 110 valence electrons. The molecule has 1 aromatic carbocycles. The first-order chi connectivity index (χ1) is 9.17. The highest BCUT2D eigenvalue weighted by Crippen LogP contribution is 2.39. The second kappa shape index (κ2) is 4.77. The Morgan fingerprint density at radius 3 is 2.20 bits per heavy atom. The van der Waals surface area contributed by atoms with E-state index in [4.69, 9.17) is 0 Å². The van der Waals surface area contributed by atoms with E-state index in [0.717, 1.165) is 5.69 Å². The summed E-state index contributed by atoms with van der Waals surface area (Å²) < 4.78 is 0. The summed E-state index contributed by atoms with van der Waals surface area (Å²) >= 11 is 0. The lowest BCUT2D eigenvalue weighted by molar-refractivity contribution is -0.0334. The minimum absolute atomic E-state index is 0.0832. The minimum atomic E-state index is -1.19. The van der Waals surface area contributed by atoms with Gasteiger partial charge in [0.1, 0.15) is 5.72 Å². The van der Waals surface area contributed by atoms with Gasteiger partial charge in [0, 0.05) is 23.7 Å². The van der Waals surface area contributed by atoms with Crippen LogP contribution < -0.4 is 4.90 Å². The van der Waals surface area contributed by atoms with E-state index in [9.17, 15) is 9.90 Å². The van der Waals surface area contributed by atoms with Gasteiger partial charge in [0.2, 0.25) is 0 Å². The molecule has 2 amide bonds. The van der Waals surface area contributed by atoms with Gasteiger partial charge in [-0.1, -0.05) is 18.2 Å². The Labute approximate surface area is 121 Å². The normalized spacial score (nSPS) is 26.2. The predicted molar refractivity (Wildman–Crippen MR) is 80.6 cm³/mol. The van der Waals surface area contributed by atoms with Gasteiger partial charge in [-0.25, -0.2) is 4.79 Å². The smallest absolute Gasteiger partial charge is 0.327 e. The molecule has 4 heteroatoms. The van der Waals surface area contributed by atoms with Crippen LogP contribution in [0.5, 0.6) is 0 Å². The van der Waals surface area contributed by atoms with Crippen LogP contribution in [-0.4, -0.2) is 33.3 Å². The Hall–Kier alpha value is -1.55. The number of hydrogen-bond acceptors (Lipinski definition) is 2. The van der Waals surface area contributed by atoms with Gasteiger partial charge in [-0.2, -0.15) is 0 Å². The zero-order chi connectivity index (χ0) is 15.1. The standard InChI is InChI=1S/C16H24N2O2/c1-12(2)17-14(19)18(13-9-7-6-8-10-13)16(5,20)11-15(17,3)4/h6-10,12,20H,11H2,1-5H3/t16-/m1/s1. The maximum Gasteiger partial charge on any atom is 0.327 e. The summed E-state index contributed by atoms with van der Waals surface area (Å²) in [5.74, 6) is 0. The molecule has 0 aliphatic carbocycles. The topological polar surface area (TPSA) is 43.8 Å². The van der Waals surface area contributed by atoms with Crippen molar-refractivity contribution in [2.24, 2.45) is 0 Å². The molecule has 4 nitrogen and oxygen atoms in total. The fraction of sp³-hybridized carbons (Fsp3) is 0.562. The van der Waals surface area contributed by atoms with Gasteiger partial charge in [-0.15, -0.1) is 0 Å². The number of para-hydroxylation sites is 1. The molecule has 0 bridgehead atoms. The number of nitrogens with zero attached hydrogens (tertiary/aromatic N) is 2. The van der Waals surface area contributed by atoms with Crippen molar-refractivity contribution < 1.29 is 9.90 Å². The SMILES string of the molecule is CC(C)N1C(=O)N(c2ccccc2)[C@](C)(O)CC1(C)C. The number of benzene rings is 1. The molecule has 1 aromatic rings. The molecule has 1 aliphatic heterocycles. The molecule has 1 aliphatic rings. The Balaban J connectivity index is 2.49. The molecule has 2 rings (SSSR count). The highest BCUT2D eigenvalue weighted by atomic mass is 16.3. The van der Waals surface area contributed by atoms with E-state index < -0.39 is 5.72 Å². The Morgan fingerprint density at radius 1 is 1.15 bits per heavy atom. The lowest BCUT2D eigenvalue weighted by atomic mass is 9.86. The van der Waals surface area contributed by atoms with Crippen LogP contribution in [0.25, 0.3) is 0 Å². The van der Waals surface area contributed by atoms with Crippen LogP contribution in [0.2, 0.25) is 0 Å². The molecule has 1 atom stereocenters. The number of carbonyl (C=O) groups excluding carboxylic acids is 1. The van der Waals surface area contributed by atoms with E-state index in [-0.39, 0.29) is 17.6 Å². The largest absolute Gasteiger partial charge is 0.371 e. The average Bonchev–Trinajstić information content (AvgIpc) is 2.25. The number of rotatable bonds is 2. The van der Waals surface area contributed by atoms with E-state index >= 15 is 0 Å². The summed E-state index contributed by atoms with van der Waals surface area (Å²) in [4.78, 5) is 16.2.